The molecule has 5 heteroatoms. The van der Waals surface area contributed by atoms with Crippen molar-refractivity contribution in [2.45, 2.75) is 171 Å². The first-order valence-corrected chi connectivity index (χ1v) is 19.6. The van der Waals surface area contributed by atoms with Crippen LogP contribution in [0.3, 0.4) is 0 Å². The minimum atomic E-state index is -0.859. The molecule has 5 saturated carbocycles. The number of fused-ring (bicyclic) bond motifs is 7. The molecule has 0 aromatic rings. The highest BCUT2D eigenvalue weighted by Gasteiger charge is 2.70. The number of esters is 1. The number of aliphatic carboxylic acids is 1. The maximum Gasteiger partial charge on any atom is 0.306 e. The lowest BCUT2D eigenvalue weighted by molar-refractivity contribution is -0.249. The summed E-state index contributed by atoms with van der Waals surface area (Å²) in [5.41, 5.74) is 0.973. The molecule has 0 spiro atoms. The Bertz CT molecular complexity index is 1120. The number of carboxylic acids is 1. The molecule has 0 aliphatic heterocycles. The smallest absolute Gasteiger partial charge is 0.306 e. The monoisotopic (exact) mass is 642 g/mol. The number of hydrogen-bond donors (Lipinski definition) is 1. The summed E-state index contributed by atoms with van der Waals surface area (Å²) >= 11 is 0. The molecule has 1 N–H and O–H groups in total. The van der Waals surface area contributed by atoms with E-state index in [1.165, 1.54) is 96.7 Å². The van der Waals surface area contributed by atoms with Crippen molar-refractivity contribution in [3.8, 4) is 0 Å². The maximum absolute atomic E-state index is 13.2. The number of nitrogens with zero attached hydrogens (tertiary/aromatic N) is 1. The third kappa shape index (κ3) is 6.12. The molecule has 5 aliphatic carbocycles. The average Bonchev–Trinajstić information content (AvgIpc) is 3.37. The van der Waals surface area contributed by atoms with Gasteiger partial charge in [-0.3, -0.25) is 9.59 Å². The van der Waals surface area contributed by atoms with E-state index in [1.807, 2.05) is 13.8 Å². The highest BCUT2D eigenvalue weighted by Crippen LogP contribution is 2.77. The van der Waals surface area contributed by atoms with Crippen LogP contribution in [0.15, 0.2) is 0 Å². The summed E-state index contributed by atoms with van der Waals surface area (Å²) in [6.07, 6.45) is 18.8. The summed E-state index contributed by atoms with van der Waals surface area (Å²) in [6, 6.07) is 0. The van der Waals surface area contributed by atoms with Crippen LogP contribution in [-0.4, -0.2) is 47.7 Å². The van der Waals surface area contributed by atoms with E-state index in [-0.39, 0.29) is 35.7 Å². The fraction of sp³-hybridized carbons (Fsp3) is 0.951. The molecule has 0 radical (unpaired) electrons. The number of rotatable bonds is 12. The topological polar surface area (TPSA) is 66.8 Å². The van der Waals surface area contributed by atoms with Gasteiger partial charge in [0.15, 0.2) is 0 Å². The molecule has 5 nitrogen and oxygen atoms in total. The summed E-state index contributed by atoms with van der Waals surface area (Å²) in [7, 11) is 0. The van der Waals surface area contributed by atoms with Gasteiger partial charge in [-0.25, -0.2) is 0 Å². The molecule has 0 aromatic carbocycles. The predicted octanol–water partition coefficient (Wildman–Crippen LogP) is 10.2. The normalized spacial score (nSPS) is 41.7. The minimum Gasteiger partial charge on any atom is -0.481 e. The first-order valence-electron chi connectivity index (χ1n) is 19.6. The first-order chi connectivity index (χ1) is 21.5. The Hall–Kier alpha value is -1.10. The van der Waals surface area contributed by atoms with Gasteiger partial charge < -0.3 is 14.7 Å². The van der Waals surface area contributed by atoms with Gasteiger partial charge in [0.25, 0.3) is 0 Å². The van der Waals surface area contributed by atoms with Crippen molar-refractivity contribution in [3.63, 3.8) is 0 Å². The van der Waals surface area contributed by atoms with Crippen molar-refractivity contribution < 1.29 is 19.4 Å². The van der Waals surface area contributed by atoms with Crippen LogP contribution < -0.4 is 0 Å². The third-order valence-corrected chi connectivity index (χ3v) is 16.1. The van der Waals surface area contributed by atoms with Crippen LogP contribution in [0, 0.1) is 56.2 Å². The van der Waals surface area contributed by atoms with Crippen LogP contribution in [-0.2, 0) is 14.3 Å². The molecule has 0 bridgehead atoms. The number of hydrogen-bond acceptors (Lipinski definition) is 4. The minimum absolute atomic E-state index is 0.0186. The van der Waals surface area contributed by atoms with Gasteiger partial charge in [-0.1, -0.05) is 68.7 Å². The zero-order valence-corrected chi connectivity index (χ0v) is 31.4. The summed E-state index contributed by atoms with van der Waals surface area (Å²) in [6.45, 7) is 25.0. The van der Waals surface area contributed by atoms with Crippen molar-refractivity contribution in [2.24, 2.45) is 56.2 Å². The zero-order chi connectivity index (χ0) is 33.8. The number of carboxylic acid groups (broad SMARTS) is 1. The Morgan fingerprint density at radius 2 is 1.54 bits per heavy atom. The van der Waals surface area contributed by atoms with E-state index in [9.17, 15) is 14.7 Å². The van der Waals surface area contributed by atoms with Gasteiger partial charge in [-0.05, 0) is 154 Å². The molecule has 2 unspecified atom stereocenters. The van der Waals surface area contributed by atoms with Crippen LogP contribution >= 0.6 is 0 Å². The molecule has 5 rings (SSSR count). The van der Waals surface area contributed by atoms with E-state index in [4.69, 9.17) is 4.74 Å². The number of carbonyl (C=O) groups is 2. The van der Waals surface area contributed by atoms with Crippen LogP contribution in [0.25, 0.3) is 0 Å². The van der Waals surface area contributed by atoms with Gasteiger partial charge in [0.1, 0.15) is 6.10 Å². The number of ether oxygens (including phenoxy) is 1. The summed E-state index contributed by atoms with van der Waals surface area (Å²) in [5, 5.41) is 9.31. The van der Waals surface area contributed by atoms with Gasteiger partial charge in [0.05, 0.1) is 12.8 Å². The van der Waals surface area contributed by atoms with Crippen molar-refractivity contribution >= 4 is 11.9 Å². The Morgan fingerprint density at radius 1 is 0.804 bits per heavy atom. The Balaban J connectivity index is 1.30. The third-order valence-electron chi connectivity index (χ3n) is 16.1. The second-order valence-corrected chi connectivity index (χ2v) is 19.3. The SMILES string of the molecule is CCCN(CC)CCC[C@]12CCC[C@@H]1[C@H]1CCC3[C@@]4(C)CC[C@H](OC(=O)CC(C)(C)CC(=O)O)C(C)(C)C4CC[C@@]3(C)[C@]1(C)CC2. The second kappa shape index (κ2) is 13.0. The van der Waals surface area contributed by atoms with Crippen LogP contribution in [0.4, 0.5) is 0 Å². The standard InChI is InChI=1S/C41H71NO4/c1-10-25-42(11-2)26-13-20-41-19-12-14-30(41)29-15-16-32-38(7)21-18-33(46-35(45)28-36(3,4)27-34(43)44)37(5,6)31(38)17-22-40(32,9)39(29,8)23-24-41/h29-33H,10-28H2,1-9H3,(H,43,44)/t29-,30-,31?,32?,33+,38+,39-,40-,41+/m1/s1. The Labute approximate surface area is 282 Å². The van der Waals surface area contributed by atoms with E-state index >= 15 is 0 Å². The van der Waals surface area contributed by atoms with Crippen LogP contribution in [0.5, 0.6) is 0 Å². The molecular weight excluding hydrogens is 570 g/mol. The summed E-state index contributed by atoms with van der Waals surface area (Å²) < 4.78 is 6.28. The molecule has 9 atom stereocenters. The zero-order valence-electron chi connectivity index (χ0n) is 31.4. The number of carbonyl (C=O) groups excluding carboxylic acids is 1. The molecule has 5 aliphatic rings. The fourth-order valence-corrected chi connectivity index (χ4v) is 13.8. The quantitative estimate of drug-likeness (QED) is 0.215. The molecule has 5 fully saturated rings. The van der Waals surface area contributed by atoms with E-state index in [0.717, 1.165) is 30.6 Å². The van der Waals surface area contributed by atoms with E-state index in [2.05, 4.69) is 53.4 Å². The molecule has 0 saturated heterocycles. The largest absolute Gasteiger partial charge is 0.481 e. The molecule has 0 aromatic heterocycles. The van der Waals surface area contributed by atoms with E-state index in [1.54, 1.807) is 0 Å². The van der Waals surface area contributed by atoms with Gasteiger partial charge in [-0.15, -0.1) is 0 Å². The highest BCUT2D eigenvalue weighted by atomic mass is 16.5. The van der Waals surface area contributed by atoms with E-state index < -0.39 is 11.4 Å². The lowest BCUT2D eigenvalue weighted by Gasteiger charge is -2.72. The Kier molecular flexibility index (Phi) is 10.2. The lowest BCUT2D eigenvalue weighted by Crippen LogP contribution is -2.66. The van der Waals surface area contributed by atoms with Gasteiger partial charge >= 0.3 is 11.9 Å². The van der Waals surface area contributed by atoms with Crippen molar-refractivity contribution in [3.05, 3.63) is 0 Å². The van der Waals surface area contributed by atoms with Crippen molar-refractivity contribution in [2.75, 3.05) is 19.6 Å². The van der Waals surface area contributed by atoms with Crippen molar-refractivity contribution in [1.82, 2.24) is 4.90 Å². The van der Waals surface area contributed by atoms with Gasteiger partial charge in [0, 0.05) is 5.41 Å². The van der Waals surface area contributed by atoms with Crippen molar-refractivity contribution in [1.29, 1.82) is 0 Å². The molecular formula is C41H71NO4. The predicted molar refractivity (Wildman–Crippen MR) is 187 cm³/mol. The lowest BCUT2D eigenvalue weighted by atomic mass is 9.32. The highest BCUT2D eigenvalue weighted by molar-refractivity contribution is 5.73. The molecule has 0 amide bonds. The van der Waals surface area contributed by atoms with Gasteiger partial charge in [0.2, 0.25) is 0 Å². The molecule has 264 valence electrons. The maximum atomic E-state index is 13.2. The first kappa shape index (κ1) is 36.2. The second-order valence-electron chi connectivity index (χ2n) is 19.3. The van der Waals surface area contributed by atoms with Gasteiger partial charge in [-0.2, -0.15) is 0 Å². The van der Waals surface area contributed by atoms with E-state index in [0.29, 0.717) is 22.2 Å². The summed E-state index contributed by atoms with van der Waals surface area (Å²) in [5.74, 6) is 1.98. The summed E-state index contributed by atoms with van der Waals surface area (Å²) in [4.78, 5) is 27.2. The molecule has 0 heterocycles. The Morgan fingerprint density at radius 3 is 2.22 bits per heavy atom. The van der Waals surface area contributed by atoms with Crippen LogP contribution in [0.1, 0.15) is 165 Å². The molecule has 46 heavy (non-hydrogen) atoms. The average molecular weight is 642 g/mol. The fourth-order valence-electron chi connectivity index (χ4n) is 13.8. The van der Waals surface area contributed by atoms with Crippen LogP contribution in [0.2, 0.25) is 0 Å².